The predicted octanol–water partition coefficient (Wildman–Crippen LogP) is 10.3. The number of aromatic nitrogens is 2. The van der Waals surface area contributed by atoms with Crippen LogP contribution in [-0.2, 0) is 21.3 Å². The zero-order valence-electron chi connectivity index (χ0n) is 43.0. The van der Waals surface area contributed by atoms with E-state index in [1.807, 2.05) is 9.62 Å². The second-order valence-corrected chi connectivity index (χ2v) is 22.9. The first-order valence-electron chi connectivity index (χ1n) is 25.9. The Hall–Kier alpha value is -6.74. The van der Waals surface area contributed by atoms with Crippen molar-refractivity contribution in [3.05, 3.63) is 141 Å². The number of benzene rings is 4. The van der Waals surface area contributed by atoms with Crippen LogP contribution in [0.25, 0.3) is 11.0 Å². The van der Waals surface area contributed by atoms with Crippen LogP contribution in [-0.4, -0.2) is 110 Å². The molecule has 16 nitrogen and oxygen atoms in total. The van der Waals surface area contributed by atoms with Crippen molar-refractivity contribution >= 4 is 44.0 Å². The molecule has 76 heavy (non-hydrogen) atoms. The summed E-state index contributed by atoms with van der Waals surface area (Å²) in [4.78, 5) is 38.8. The van der Waals surface area contributed by atoms with Gasteiger partial charge in [0, 0.05) is 102 Å². The molecule has 6 aromatic rings. The minimum Gasteiger partial charge on any atom is -0.496 e. The maximum absolute atomic E-state index is 16.6. The molecule has 1 spiro atoms. The Balaban J connectivity index is 0.860. The van der Waals surface area contributed by atoms with Gasteiger partial charge < -0.3 is 29.4 Å². The maximum Gasteiger partial charge on any atom is 0.293 e. The highest BCUT2D eigenvalue weighted by molar-refractivity contribution is 7.90. The van der Waals surface area contributed by atoms with Gasteiger partial charge in [-0.25, -0.2) is 31.3 Å². The number of H-pyrrole nitrogens is 1. The molecule has 1 amide bonds. The van der Waals surface area contributed by atoms with E-state index in [0.717, 1.165) is 93.6 Å². The highest BCUT2D eigenvalue weighted by Crippen LogP contribution is 2.54. The molecular formula is C56H63F3N8O8S. The van der Waals surface area contributed by atoms with Gasteiger partial charge in [0.25, 0.3) is 21.6 Å². The van der Waals surface area contributed by atoms with Crippen LogP contribution in [0.2, 0.25) is 0 Å². The lowest BCUT2D eigenvalue weighted by Gasteiger charge is -2.58. The highest BCUT2D eigenvalue weighted by atomic mass is 32.2. The molecule has 1 saturated carbocycles. The van der Waals surface area contributed by atoms with Gasteiger partial charge >= 0.3 is 0 Å². The molecule has 3 N–H and O–H groups in total. The number of rotatable bonds is 16. The lowest BCUT2D eigenvalue weighted by Crippen LogP contribution is -2.60. The zero-order chi connectivity index (χ0) is 53.5. The molecule has 3 aliphatic heterocycles. The molecule has 0 bridgehead atoms. The van der Waals surface area contributed by atoms with Crippen LogP contribution in [0.1, 0.15) is 96.9 Å². The molecule has 4 fully saturated rings. The van der Waals surface area contributed by atoms with Crippen molar-refractivity contribution in [3.8, 4) is 17.2 Å². The average Bonchev–Trinajstić information content (AvgIpc) is 3.77. The number of carbonyl (C=O) groups excluding carboxylic acids is 1. The Bertz CT molecular complexity index is 3260. The number of amides is 1. The third-order valence-electron chi connectivity index (χ3n) is 16.0. The average molecular weight is 1070 g/mol. The Labute approximate surface area is 440 Å². The molecule has 3 saturated heterocycles. The summed E-state index contributed by atoms with van der Waals surface area (Å²) in [6, 6.07) is 22.3. The first kappa shape index (κ1) is 52.7. The van der Waals surface area contributed by atoms with E-state index >= 15 is 8.78 Å². The number of anilines is 2. The molecule has 1 aliphatic carbocycles. The van der Waals surface area contributed by atoms with E-state index in [1.54, 1.807) is 7.11 Å². The van der Waals surface area contributed by atoms with E-state index in [-0.39, 0.29) is 78.0 Å². The van der Waals surface area contributed by atoms with Crippen molar-refractivity contribution in [1.29, 1.82) is 0 Å². The molecule has 0 unspecified atom stereocenters. The van der Waals surface area contributed by atoms with Crippen LogP contribution < -0.4 is 24.4 Å². The van der Waals surface area contributed by atoms with Crippen LogP contribution in [0, 0.1) is 34.1 Å². The SMILES string of the molecule is COc1cc(CN2CCN(C3CC4(CCN(c5cc(Oc6cnc7[nH]cc(F)c7c6)c(C(=O)NS(=O)(=O)c6ccc(NCC7(F)CCOCC7)c([N+](=O)[O-])c6)cc5F)CC4)C3)[C@H](c3ccccc3C(C)C)C2)ccc1C. The quantitative estimate of drug-likeness (QED) is 0.0615. The molecule has 2 aromatic heterocycles. The number of aromatic amines is 1. The molecule has 0 radical (unpaired) electrons. The number of nitro benzene ring substituents is 1. The van der Waals surface area contributed by atoms with Gasteiger partial charge in [-0.2, -0.15) is 0 Å². The Kier molecular flexibility index (Phi) is 14.8. The van der Waals surface area contributed by atoms with Crippen LogP contribution in [0.5, 0.6) is 17.2 Å². The van der Waals surface area contributed by atoms with Gasteiger partial charge in [-0.05, 0) is 96.5 Å². The number of ether oxygens (including phenoxy) is 3. The number of fused-ring (bicyclic) bond motifs is 1. The largest absolute Gasteiger partial charge is 0.496 e. The van der Waals surface area contributed by atoms with Crippen molar-refractivity contribution < 1.29 is 45.5 Å². The van der Waals surface area contributed by atoms with Crippen molar-refractivity contribution in [3.63, 3.8) is 0 Å². The minimum atomic E-state index is -4.84. The summed E-state index contributed by atoms with van der Waals surface area (Å²) in [5.74, 6) is -1.72. The third kappa shape index (κ3) is 10.9. The molecule has 4 aromatic carbocycles. The van der Waals surface area contributed by atoms with E-state index in [0.29, 0.717) is 25.0 Å². The first-order valence-corrected chi connectivity index (χ1v) is 27.3. The van der Waals surface area contributed by atoms with E-state index in [9.17, 15) is 27.7 Å². The summed E-state index contributed by atoms with van der Waals surface area (Å²) >= 11 is 0. The van der Waals surface area contributed by atoms with Crippen LogP contribution in [0.4, 0.5) is 30.2 Å². The minimum absolute atomic E-state index is 0.0152. The number of methoxy groups -OCH3 is 1. The van der Waals surface area contributed by atoms with E-state index in [1.165, 1.54) is 35.0 Å². The van der Waals surface area contributed by atoms with Gasteiger partial charge in [0.05, 0.1) is 39.8 Å². The molecule has 402 valence electrons. The molecule has 20 heteroatoms. The molecule has 4 aliphatic rings. The smallest absolute Gasteiger partial charge is 0.293 e. The third-order valence-corrected chi connectivity index (χ3v) is 17.3. The summed E-state index contributed by atoms with van der Waals surface area (Å²) in [6.45, 7) is 11.2. The summed E-state index contributed by atoms with van der Waals surface area (Å²) in [7, 11) is -3.13. The van der Waals surface area contributed by atoms with E-state index < -0.39 is 54.3 Å². The number of carbonyl (C=O) groups is 1. The van der Waals surface area contributed by atoms with Crippen LogP contribution in [0.15, 0.2) is 96.2 Å². The maximum atomic E-state index is 16.6. The Morgan fingerprint density at radius 2 is 1.72 bits per heavy atom. The fraction of sp³-hybridized carbons (Fsp3) is 0.429. The second-order valence-electron chi connectivity index (χ2n) is 21.2. The van der Waals surface area contributed by atoms with Gasteiger partial charge in [0.2, 0.25) is 0 Å². The lowest BCUT2D eigenvalue weighted by atomic mass is 9.59. The summed E-state index contributed by atoms with van der Waals surface area (Å²) < 4.78 is 93.2. The van der Waals surface area contributed by atoms with Crippen LogP contribution in [0.3, 0.4) is 0 Å². The van der Waals surface area contributed by atoms with Gasteiger partial charge in [0.15, 0.2) is 0 Å². The first-order chi connectivity index (χ1) is 36.4. The molecule has 5 heterocycles. The summed E-state index contributed by atoms with van der Waals surface area (Å²) in [6.07, 6.45) is 6.15. The fourth-order valence-electron chi connectivity index (χ4n) is 11.6. The molecular weight excluding hydrogens is 1000 g/mol. The lowest BCUT2D eigenvalue weighted by molar-refractivity contribution is -0.384. The van der Waals surface area contributed by atoms with E-state index in [4.69, 9.17) is 14.2 Å². The normalized spacial score (nSPS) is 19.2. The Morgan fingerprint density at radius 3 is 2.46 bits per heavy atom. The predicted molar refractivity (Wildman–Crippen MR) is 283 cm³/mol. The number of piperazine rings is 1. The summed E-state index contributed by atoms with van der Waals surface area (Å²) in [5, 5.41) is 15.0. The Morgan fingerprint density at radius 1 is 0.961 bits per heavy atom. The number of halogens is 3. The number of hydrogen-bond acceptors (Lipinski definition) is 13. The van der Waals surface area contributed by atoms with Crippen molar-refractivity contribution in [2.75, 3.05) is 69.8 Å². The van der Waals surface area contributed by atoms with Crippen molar-refractivity contribution in [2.45, 2.75) is 94.4 Å². The van der Waals surface area contributed by atoms with E-state index in [2.05, 4.69) is 88.3 Å². The fourth-order valence-corrected chi connectivity index (χ4v) is 12.6. The number of nitrogens with one attached hydrogen (secondary N) is 3. The highest BCUT2D eigenvalue weighted by Gasteiger charge is 2.50. The monoisotopic (exact) mass is 1060 g/mol. The number of nitro groups is 1. The van der Waals surface area contributed by atoms with Crippen molar-refractivity contribution in [2.24, 2.45) is 5.41 Å². The standard InChI is InChI=1S/C56H63F3N8O8S/c1-35(2)41-7-5-6-8-42(41)50-33-64(32-37-10-9-36(3)51(23-37)73-4)19-20-66(50)38-28-55(29-38)13-17-65(18-14-55)48-27-52(75-39-24-43-46(58)31-61-53(43)60-30-39)44(26-45(48)57)54(68)63-76(71,72)40-11-12-47(49(25-40)67(69)70)62-34-56(59)15-21-74-22-16-56/h5-12,23-27,30-31,35,38,50,62H,13-22,28-29,32-34H2,1-4H3,(H,60,61)(H,63,68)/t50-/m0/s1. The molecule has 10 rings (SSSR count). The number of nitrogens with zero attached hydrogens (tertiary/aromatic N) is 5. The van der Waals surface area contributed by atoms with Gasteiger partial charge in [0.1, 0.15) is 45.9 Å². The molecule has 1 atom stereocenters. The number of sulfonamides is 1. The number of hydrogen-bond donors (Lipinski definition) is 3. The van der Waals surface area contributed by atoms with Gasteiger partial charge in [-0.1, -0.05) is 50.2 Å². The summed E-state index contributed by atoms with van der Waals surface area (Å²) in [5.41, 5.74) is 2.45. The van der Waals surface area contributed by atoms with Gasteiger partial charge in [-0.15, -0.1) is 0 Å². The number of aryl methyl sites for hydroxylation is 1. The number of piperidine rings is 1. The van der Waals surface area contributed by atoms with Gasteiger partial charge in [-0.3, -0.25) is 24.7 Å². The van der Waals surface area contributed by atoms with Crippen LogP contribution >= 0.6 is 0 Å². The second kappa shape index (κ2) is 21.4. The topological polar surface area (TPSA) is 184 Å². The van der Waals surface area contributed by atoms with Crippen molar-refractivity contribution in [1.82, 2.24) is 24.5 Å². The number of alkyl halides is 1. The number of pyridine rings is 1. The zero-order valence-corrected chi connectivity index (χ0v) is 43.9.